The van der Waals surface area contributed by atoms with Crippen LogP contribution in [0.15, 0.2) is 30.5 Å². The first-order valence-corrected chi connectivity index (χ1v) is 9.37. The maximum absolute atomic E-state index is 12.4. The Morgan fingerprint density at radius 2 is 2.27 bits per heavy atom. The van der Waals surface area contributed by atoms with E-state index in [1.807, 2.05) is 19.1 Å². The number of anilines is 1. The van der Waals surface area contributed by atoms with E-state index in [9.17, 15) is 4.79 Å². The summed E-state index contributed by atoms with van der Waals surface area (Å²) < 4.78 is 0. The monoisotopic (exact) mass is 355 g/mol. The standard InChI is InChI=1S/C20H29N5O/c1-15-12-21-19(22-15)14-24(3)20(26)23-18-9-6-8-17(11-18)13-25-10-5-4-7-16(25)2/h6,8-9,11-12,16H,4-5,7,10,13-14H2,1-3H3,(H,21,22)(H,23,26)/t16-/m0/s1. The van der Waals surface area contributed by atoms with Crippen LogP contribution in [0, 0.1) is 6.92 Å². The Labute approximate surface area is 155 Å². The number of piperidine rings is 1. The number of likely N-dealkylation sites (tertiary alicyclic amines) is 1. The molecule has 0 bridgehead atoms. The largest absolute Gasteiger partial charge is 0.345 e. The van der Waals surface area contributed by atoms with Crippen molar-refractivity contribution in [2.24, 2.45) is 0 Å². The summed E-state index contributed by atoms with van der Waals surface area (Å²) in [7, 11) is 1.77. The first-order chi connectivity index (χ1) is 12.5. The molecule has 3 rings (SSSR count). The van der Waals surface area contributed by atoms with Crippen LogP contribution in [-0.4, -0.2) is 45.4 Å². The Morgan fingerprint density at radius 3 is 3.00 bits per heavy atom. The van der Waals surface area contributed by atoms with Gasteiger partial charge in [-0.2, -0.15) is 0 Å². The number of hydrogen-bond donors (Lipinski definition) is 2. The maximum atomic E-state index is 12.4. The molecule has 26 heavy (non-hydrogen) atoms. The van der Waals surface area contributed by atoms with Gasteiger partial charge < -0.3 is 15.2 Å². The highest BCUT2D eigenvalue weighted by molar-refractivity contribution is 5.89. The van der Waals surface area contributed by atoms with E-state index in [1.165, 1.54) is 24.8 Å². The van der Waals surface area contributed by atoms with E-state index in [2.05, 4.69) is 39.2 Å². The molecule has 1 atom stereocenters. The van der Waals surface area contributed by atoms with E-state index in [0.29, 0.717) is 12.6 Å². The van der Waals surface area contributed by atoms with Gasteiger partial charge in [0.1, 0.15) is 5.82 Å². The van der Waals surface area contributed by atoms with Gasteiger partial charge >= 0.3 is 6.03 Å². The van der Waals surface area contributed by atoms with Crippen LogP contribution >= 0.6 is 0 Å². The summed E-state index contributed by atoms with van der Waals surface area (Å²) in [6.45, 7) is 6.79. The number of benzene rings is 1. The van der Waals surface area contributed by atoms with Gasteiger partial charge in [-0.3, -0.25) is 4.90 Å². The number of aromatic amines is 1. The first-order valence-electron chi connectivity index (χ1n) is 9.37. The van der Waals surface area contributed by atoms with Crippen molar-refractivity contribution in [2.75, 3.05) is 18.9 Å². The highest BCUT2D eigenvalue weighted by Gasteiger charge is 2.18. The molecule has 2 N–H and O–H groups in total. The van der Waals surface area contributed by atoms with Gasteiger partial charge in [-0.15, -0.1) is 0 Å². The normalized spacial score (nSPS) is 17.9. The fourth-order valence-corrected chi connectivity index (χ4v) is 3.44. The number of carbonyl (C=O) groups is 1. The van der Waals surface area contributed by atoms with E-state index in [4.69, 9.17) is 0 Å². The predicted molar refractivity (Wildman–Crippen MR) is 104 cm³/mol. The van der Waals surface area contributed by atoms with Crippen molar-refractivity contribution in [3.8, 4) is 0 Å². The molecule has 1 fully saturated rings. The third kappa shape index (κ3) is 4.85. The van der Waals surface area contributed by atoms with Crippen LogP contribution in [0.2, 0.25) is 0 Å². The molecule has 1 saturated heterocycles. The van der Waals surface area contributed by atoms with E-state index >= 15 is 0 Å². The Hall–Kier alpha value is -2.34. The van der Waals surface area contributed by atoms with Crippen molar-refractivity contribution in [2.45, 2.75) is 52.2 Å². The Morgan fingerprint density at radius 1 is 1.42 bits per heavy atom. The van der Waals surface area contributed by atoms with Crippen LogP contribution in [-0.2, 0) is 13.1 Å². The summed E-state index contributed by atoms with van der Waals surface area (Å²) in [6.07, 6.45) is 5.65. The van der Waals surface area contributed by atoms with Gasteiger partial charge in [0.25, 0.3) is 0 Å². The molecule has 6 heteroatoms. The van der Waals surface area contributed by atoms with Crippen molar-refractivity contribution in [3.05, 3.63) is 47.5 Å². The summed E-state index contributed by atoms with van der Waals surface area (Å²) in [4.78, 5) is 24.0. The minimum Gasteiger partial charge on any atom is -0.345 e. The van der Waals surface area contributed by atoms with Crippen LogP contribution in [0.1, 0.15) is 43.3 Å². The van der Waals surface area contributed by atoms with Gasteiger partial charge in [-0.05, 0) is 50.9 Å². The van der Waals surface area contributed by atoms with Crippen molar-refractivity contribution < 1.29 is 4.79 Å². The second-order valence-electron chi connectivity index (χ2n) is 7.31. The Bertz CT molecular complexity index is 741. The number of hydrogen-bond acceptors (Lipinski definition) is 3. The van der Waals surface area contributed by atoms with Crippen molar-refractivity contribution >= 4 is 11.7 Å². The molecule has 1 aliphatic heterocycles. The van der Waals surface area contributed by atoms with Crippen LogP contribution in [0.5, 0.6) is 0 Å². The minimum absolute atomic E-state index is 0.137. The molecular weight excluding hydrogens is 326 g/mol. The highest BCUT2D eigenvalue weighted by atomic mass is 16.2. The zero-order chi connectivity index (χ0) is 18.5. The lowest BCUT2D eigenvalue weighted by molar-refractivity contribution is 0.152. The lowest BCUT2D eigenvalue weighted by Crippen LogP contribution is -2.36. The Balaban J connectivity index is 1.58. The number of aromatic nitrogens is 2. The zero-order valence-electron chi connectivity index (χ0n) is 16.0. The van der Waals surface area contributed by atoms with Gasteiger partial charge in [-0.25, -0.2) is 9.78 Å². The van der Waals surface area contributed by atoms with E-state index in [0.717, 1.165) is 30.3 Å². The molecule has 0 radical (unpaired) electrons. The number of urea groups is 1. The summed E-state index contributed by atoms with van der Waals surface area (Å²) >= 11 is 0. The van der Waals surface area contributed by atoms with Crippen molar-refractivity contribution in [1.29, 1.82) is 0 Å². The SMILES string of the molecule is Cc1cnc(CN(C)C(=O)Nc2cccc(CN3CCCC[C@@H]3C)c2)[nH]1. The van der Waals surface area contributed by atoms with Gasteiger partial charge in [0, 0.05) is 37.2 Å². The maximum Gasteiger partial charge on any atom is 0.321 e. The molecule has 1 aliphatic rings. The summed E-state index contributed by atoms with van der Waals surface area (Å²) in [5.41, 5.74) is 3.06. The molecule has 0 spiro atoms. The quantitative estimate of drug-likeness (QED) is 0.858. The number of amides is 2. The molecule has 2 heterocycles. The lowest BCUT2D eigenvalue weighted by Gasteiger charge is -2.33. The number of H-pyrrole nitrogens is 1. The number of imidazole rings is 1. The number of rotatable bonds is 5. The third-order valence-electron chi connectivity index (χ3n) is 4.99. The fourth-order valence-electron chi connectivity index (χ4n) is 3.44. The first kappa shape index (κ1) is 18.5. The van der Waals surface area contributed by atoms with Crippen LogP contribution in [0.3, 0.4) is 0 Å². The van der Waals surface area contributed by atoms with Crippen LogP contribution in [0.4, 0.5) is 10.5 Å². The van der Waals surface area contributed by atoms with E-state index in [1.54, 1.807) is 18.1 Å². The topological polar surface area (TPSA) is 64.3 Å². The van der Waals surface area contributed by atoms with E-state index in [-0.39, 0.29) is 6.03 Å². The lowest BCUT2D eigenvalue weighted by atomic mass is 10.0. The molecular formula is C20H29N5O. The van der Waals surface area contributed by atoms with Gasteiger partial charge in [-0.1, -0.05) is 18.6 Å². The number of carbonyl (C=O) groups excluding carboxylic acids is 1. The molecule has 6 nitrogen and oxygen atoms in total. The second kappa shape index (κ2) is 8.36. The van der Waals surface area contributed by atoms with Crippen LogP contribution in [0.25, 0.3) is 0 Å². The molecule has 0 aliphatic carbocycles. The fraction of sp³-hybridized carbons (Fsp3) is 0.500. The minimum atomic E-state index is -0.137. The average Bonchev–Trinajstić information content (AvgIpc) is 3.02. The van der Waals surface area contributed by atoms with Gasteiger partial charge in [0.15, 0.2) is 0 Å². The molecule has 2 amide bonds. The molecule has 2 aromatic rings. The predicted octanol–water partition coefficient (Wildman–Crippen LogP) is 3.76. The third-order valence-corrected chi connectivity index (χ3v) is 4.99. The van der Waals surface area contributed by atoms with Gasteiger partial charge in [0.05, 0.1) is 6.54 Å². The molecule has 1 aromatic carbocycles. The van der Waals surface area contributed by atoms with E-state index < -0.39 is 0 Å². The molecule has 1 aromatic heterocycles. The summed E-state index contributed by atoms with van der Waals surface area (Å²) in [6, 6.07) is 8.64. The zero-order valence-corrected chi connectivity index (χ0v) is 16.0. The summed E-state index contributed by atoms with van der Waals surface area (Å²) in [5.74, 6) is 0.785. The highest BCUT2D eigenvalue weighted by Crippen LogP contribution is 2.20. The van der Waals surface area contributed by atoms with Gasteiger partial charge in [0.2, 0.25) is 0 Å². The number of aryl methyl sites for hydroxylation is 1. The summed E-state index contributed by atoms with van der Waals surface area (Å²) in [5, 5.41) is 2.98. The van der Waals surface area contributed by atoms with Crippen molar-refractivity contribution in [1.82, 2.24) is 19.8 Å². The number of nitrogens with one attached hydrogen (secondary N) is 2. The van der Waals surface area contributed by atoms with Crippen molar-refractivity contribution in [3.63, 3.8) is 0 Å². The number of nitrogens with zero attached hydrogens (tertiary/aromatic N) is 3. The molecule has 140 valence electrons. The molecule has 0 saturated carbocycles. The Kier molecular flexibility index (Phi) is 5.93. The second-order valence-corrected chi connectivity index (χ2v) is 7.31. The smallest absolute Gasteiger partial charge is 0.321 e. The molecule has 0 unspecified atom stereocenters. The average molecular weight is 355 g/mol. The van der Waals surface area contributed by atoms with Crippen LogP contribution < -0.4 is 5.32 Å².